The number of allylic oxidation sites excluding steroid dienone is 1. The molecule has 1 aliphatic rings. The number of alkyl halides is 3. The van der Waals surface area contributed by atoms with Gasteiger partial charge in [0, 0.05) is 6.08 Å². The van der Waals surface area contributed by atoms with E-state index in [9.17, 15) is 26.4 Å². The van der Waals surface area contributed by atoms with Crippen LogP contribution in [0.4, 0.5) is 13.2 Å². The lowest BCUT2D eigenvalue weighted by molar-refractivity contribution is -0.135. The zero-order valence-corrected chi connectivity index (χ0v) is 15.7. The largest absolute Gasteiger partial charge is 0.534 e. The molecule has 0 aromatic heterocycles. The smallest absolute Gasteiger partial charge is 0.421 e. The first-order valence-corrected chi connectivity index (χ1v) is 11.2. The van der Waals surface area contributed by atoms with E-state index in [1.807, 2.05) is 33.9 Å². The highest BCUT2D eigenvalue weighted by atomic mass is 32.2. The fourth-order valence-corrected chi connectivity index (χ4v) is 2.63. The Hall–Kier alpha value is -1.33. The quantitative estimate of drug-likeness (QED) is 0.311. The Balaban J connectivity index is 2.81. The van der Waals surface area contributed by atoms with Gasteiger partial charge in [0.25, 0.3) is 0 Å². The van der Waals surface area contributed by atoms with E-state index in [1.165, 1.54) is 6.08 Å². The molecule has 0 N–H and O–H groups in total. The number of esters is 1. The second-order valence-electron chi connectivity index (χ2n) is 6.56. The van der Waals surface area contributed by atoms with Gasteiger partial charge in [-0.2, -0.15) is 21.6 Å². The van der Waals surface area contributed by atoms with E-state index >= 15 is 0 Å². The summed E-state index contributed by atoms with van der Waals surface area (Å²) >= 11 is 0. The van der Waals surface area contributed by atoms with Gasteiger partial charge in [-0.05, 0) is 24.2 Å². The van der Waals surface area contributed by atoms with Crippen molar-refractivity contribution in [3.8, 4) is 0 Å². The van der Waals surface area contributed by atoms with Crippen molar-refractivity contribution in [2.24, 2.45) is 0 Å². The number of hydrogen-bond acceptors (Lipinski definition) is 6. The van der Waals surface area contributed by atoms with E-state index in [1.54, 1.807) is 0 Å². The van der Waals surface area contributed by atoms with Crippen LogP contribution in [0, 0.1) is 0 Å². The van der Waals surface area contributed by atoms with Crippen LogP contribution in [0.2, 0.25) is 18.1 Å². The van der Waals surface area contributed by atoms with Crippen molar-refractivity contribution >= 4 is 24.4 Å². The minimum Gasteiger partial charge on any atom is -0.421 e. The van der Waals surface area contributed by atoms with Crippen molar-refractivity contribution in [3.63, 3.8) is 0 Å². The van der Waals surface area contributed by atoms with Crippen molar-refractivity contribution < 1.29 is 39.7 Å². The maximum atomic E-state index is 12.2. The van der Waals surface area contributed by atoms with Crippen LogP contribution in [0.15, 0.2) is 23.7 Å². The molecule has 0 amide bonds. The summed E-state index contributed by atoms with van der Waals surface area (Å²) in [4.78, 5) is 11.4. The molecule has 0 saturated carbocycles. The normalized spacial score (nSPS) is 18.6. The number of rotatable bonds is 5. The third-order valence-electron chi connectivity index (χ3n) is 3.70. The summed E-state index contributed by atoms with van der Waals surface area (Å²) in [6.07, 6.45) is 2.11. The molecular formula is C13H19F3O6SSi. The van der Waals surface area contributed by atoms with Crippen molar-refractivity contribution in [2.75, 3.05) is 6.61 Å². The van der Waals surface area contributed by atoms with Gasteiger partial charge in [-0.25, -0.2) is 4.79 Å². The number of cyclic esters (lactones) is 1. The molecule has 11 heteroatoms. The van der Waals surface area contributed by atoms with Gasteiger partial charge < -0.3 is 13.3 Å². The molecule has 0 aliphatic carbocycles. The average Bonchev–Trinajstić information content (AvgIpc) is 2.66. The van der Waals surface area contributed by atoms with E-state index in [-0.39, 0.29) is 17.4 Å². The Morgan fingerprint density at radius 3 is 2.25 bits per heavy atom. The second kappa shape index (κ2) is 6.52. The molecule has 0 aromatic carbocycles. The first-order chi connectivity index (χ1) is 10.6. The van der Waals surface area contributed by atoms with Crippen LogP contribution in [-0.4, -0.2) is 34.8 Å². The molecule has 0 spiro atoms. The maximum Gasteiger partial charge on any atom is 0.534 e. The number of halogens is 3. The lowest BCUT2D eigenvalue weighted by Gasteiger charge is -2.35. The van der Waals surface area contributed by atoms with Gasteiger partial charge >= 0.3 is 21.6 Å². The van der Waals surface area contributed by atoms with Gasteiger partial charge in [-0.3, -0.25) is 0 Å². The van der Waals surface area contributed by atoms with Crippen LogP contribution < -0.4 is 0 Å². The molecule has 0 atom stereocenters. The van der Waals surface area contributed by atoms with Crippen LogP contribution in [0.3, 0.4) is 0 Å². The van der Waals surface area contributed by atoms with Crippen molar-refractivity contribution in [2.45, 2.75) is 44.4 Å². The standard InChI is InChI=1S/C13H19F3O6SSi/c1-12(2,3)24(4,5)20-7-6-9-8-10(11(17)21-9)22-23(18,19)13(14,15)16/h6,8H,7H2,1-5H3/b9-6-. The van der Waals surface area contributed by atoms with Gasteiger partial charge in [0.2, 0.25) is 5.76 Å². The topological polar surface area (TPSA) is 78.9 Å². The first kappa shape index (κ1) is 20.7. The number of hydrogen-bond donors (Lipinski definition) is 0. The summed E-state index contributed by atoms with van der Waals surface area (Å²) in [6.45, 7) is 10.1. The predicted octanol–water partition coefficient (Wildman–Crippen LogP) is 3.20. The number of ether oxygens (including phenoxy) is 1. The highest BCUT2D eigenvalue weighted by Crippen LogP contribution is 2.36. The van der Waals surface area contributed by atoms with Crippen LogP contribution in [-0.2, 0) is 28.3 Å². The Kier molecular flexibility index (Phi) is 5.63. The van der Waals surface area contributed by atoms with E-state index in [0.717, 1.165) is 6.08 Å². The number of carbonyl (C=O) groups excluding carboxylic acids is 1. The zero-order valence-electron chi connectivity index (χ0n) is 13.9. The fourth-order valence-electron chi connectivity index (χ4n) is 1.25. The minimum atomic E-state index is -5.92. The molecule has 1 rings (SSSR count). The Labute approximate surface area is 139 Å². The van der Waals surface area contributed by atoms with Crippen molar-refractivity contribution in [1.82, 2.24) is 0 Å². The third-order valence-corrected chi connectivity index (χ3v) is 9.17. The van der Waals surface area contributed by atoms with E-state index in [2.05, 4.69) is 8.92 Å². The molecule has 0 unspecified atom stereocenters. The summed E-state index contributed by atoms with van der Waals surface area (Å²) in [5.41, 5.74) is -5.63. The molecule has 0 radical (unpaired) electrons. The van der Waals surface area contributed by atoms with Gasteiger partial charge in [-0.1, -0.05) is 20.8 Å². The molecular weight excluding hydrogens is 369 g/mol. The first-order valence-electron chi connectivity index (χ1n) is 6.85. The molecule has 1 heterocycles. The Morgan fingerprint density at radius 1 is 1.25 bits per heavy atom. The molecule has 0 aromatic rings. The monoisotopic (exact) mass is 388 g/mol. The summed E-state index contributed by atoms with van der Waals surface area (Å²) in [7, 11) is -7.98. The number of carbonyl (C=O) groups is 1. The summed E-state index contributed by atoms with van der Waals surface area (Å²) in [5.74, 6) is -2.50. The van der Waals surface area contributed by atoms with Gasteiger partial charge in [-0.15, -0.1) is 0 Å². The summed E-state index contributed by atoms with van der Waals surface area (Å²) < 4.78 is 72.7. The van der Waals surface area contributed by atoms with Crippen molar-refractivity contribution in [3.05, 3.63) is 23.7 Å². The summed E-state index contributed by atoms with van der Waals surface area (Å²) in [6, 6.07) is 0. The average molecular weight is 388 g/mol. The third kappa shape index (κ3) is 4.83. The zero-order chi connectivity index (χ0) is 19.0. The SMILES string of the molecule is CC(C)(C)[Si](C)(C)OC/C=C1/C=C(OS(=O)(=O)C(F)(F)F)C(=O)O1. The fraction of sp³-hybridized carbons (Fsp3) is 0.615. The molecule has 0 fully saturated rings. The van der Waals surface area contributed by atoms with Crippen LogP contribution in [0.25, 0.3) is 0 Å². The highest BCUT2D eigenvalue weighted by molar-refractivity contribution is 7.87. The van der Waals surface area contributed by atoms with E-state index in [4.69, 9.17) is 4.43 Å². The molecule has 0 saturated heterocycles. The lowest BCUT2D eigenvalue weighted by Crippen LogP contribution is -2.40. The predicted molar refractivity (Wildman–Crippen MR) is 81.5 cm³/mol. The molecule has 138 valence electrons. The van der Waals surface area contributed by atoms with E-state index < -0.39 is 35.7 Å². The molecule has 6 nitrogen and oxygen atoms in total. The van der Waals surface area contributed by atoms with Gasteiger partial charge in [0.15, 0.2) is 8.32 Å². The van der Waals surface area contributed by atoms with Crippen LogP contribution in [0.5, 0.6) is 0 Å². The van der Waals surface area contributed by atoms with Gasteiger partial charge in [0.05, 0.1) is 6.61 Å². The highest BCUT2D eigenvalue weighted by Gasteiger charge is 2.50. The second-order valence-corrected chi connectivity index (χ2v) is 12.9. The maximum absolute atomic E-state index is 12.2. The minimum absolute atomic E-state index is 0.0528. The molecule has 24 heavy (non-hydrogen) atoms. The molecule has 0 bridgehead atoms. The van der Waals surface area contributed by atoms with Gasteiger partial charge in [0.1, 0.15) is 5.76 Å². The Morgan fingerprint density at radius 2 is 1.79 bits per heavy atom. The molecule has 1 aliphatic heterocycles. The lowest BCUT2D eigenvalue weighted by atomic mass is 10.2. The Bertz CT molecular complexity index is 671. The van der Waals surface area contributed by atoms with Crippen molar-refractivity contribution in [1.29, 1.82) is 0 Å². The van der Waals surface area contributed by atoms with Crippen LogP contribution in [0.1, 0.15) is 20.8 Å². The summed E-state index contributed by atoms with van der Waals surface area (Å²) in [5, 5.41) is -0.0528. The van der Waals surface area contributed by atoms with E-state index in [0.29, 0.717) is 0 Å². The van der Waals surface area contributed by atoms with Crippen LogP contribution >= 0.6 is 0 Å².